The van der Waals surface area contributed by atoms with Crippen molar-refractivity contribution >= 4 is 28.6 Å². The van der Waals surface area contributed by atoms with Gasteiger partial charge in [0.2, 0.25) is 0 Å². The van der Waals surface area contributed by atoms with Crippen LogP contribution in [0.25, 0.3) is 11.0 Å². The molecule has 4 rings (SSSR count). The summed E-state index contributed by atoms with van der Waals surface area (Å²) in [7, 11) is 1.56. The maximum atomic E-state index is 13.2. The van der Waals surface area contributed by atoms with Crippen molar-refractivity contribution in [3.05, 3.63) is 89.0 Å². The molecule has 0 aliphatic heterocycles. The predicted octanol–water partition coefficient (Wildman–Crippen LogP) is 6.61. The van der Waals surface area contributed by atoms with Crippen molar-refractivity contribution in [2.24, 2.45) is 0 Å². The summed E-state index contributed by atoms with van der Waals surface area (Å²) >= 11 is 1.39. The summed E-state index contributed by atoms with van der Waals surface area (Å²) in [4.78, 5) is 16.3. The number of rotatable bonds is 7. The van der Waals surface area contributed by atoms with Gasteiger partial charge in [0.05, 0.1) is 30.3 Å². The molecule has 1 heterocycles. The van der Waals surface area contributed by atoms with E-state index in [1.54, 1.807) is 25.3 Å². The lowest BCUT2D eigenvalue weighted by atomic mass is 10.1. The quantitative estimate of drug-likeness (QED) is 0.225. The fraction of sp³-hybridized carbons (Fsp3) is 0.200. The molecule has 0 saturated heterocycles. The van der Waals surface area contributed by atoms with Crippen molar-refractivity contribution in [3.63, 3.8) is 0 Å². The Morgan fingerprint density at radius 1 is 1.06 bits per heavy atom. The van der Waals surface area contributed by atoms with Gasteiger partial charge in [0.25, 0.3) is 0 Å². The van der Waals surface area contributed by atoms with Crippen LogP contribution in [0.3, 0.4) is 0 Å². The van der Waals surface area contributed by atoms with Crippen LogP contribution >= 0.6 is 11.8 Å². The minimum Gasteiger partial charge on any atom is -0.496 e. The van der Waals surface area contributed by atoms with Gasteiger partial charge in [-0.2, -0.15) is 13.2 Å². The molecule has 0 aliphatic carbocycles. The molecule has 0 saturated carbocycles. The third-order valence-corrected chi connectivity index (χ3v) is 6.29. The summed E-state index contributed by atoms with van der Waals surface area (Å²) in [6.45, 7) is 1.96. The lowest BCUT2D eigenvalue weighted by Gasteiger charge is -2.12. The molecule has 4 aromatic rings. The third-order valence-electron chi connectivity index (χ3n) is 5.27. The number of imidazole rings is 1. The number of aromatic nitrogens is 2. The van der Waals surface area contributed by atoms with E-state index < -0.39 is 11.7 Å². The molecule has 33 heavy (non-hydrogen) atoms. The lowest BCUT2D eigenvalue weighted by Crippen LogP contribution is -2.05. The highest BCUT2D eigenvalue weighted by molar-refractivity contribution is 7.98. The number of hydrogen-bond acceptors (Lipinski definition) is 4. The number of halogens is 3. The molecule has 0 atom stereocenters. The first-order valence-corrected chi connectivity index (χ1v) is 11.2. The van der Waals surface area contributed by atoms with Crippen LogP contribution in [0.1, 0.15) is 34.0 Å². The molecular formula is C25H21F3N2O2S. The van der Waals surface area contributed by atoms with E-state index in [2.05, 4.69) is 4.98 Å². The standard InChI is InChI=1S/C25H21F3N2O2S/c1-16(31)18-8-11-23(32-2)19(12-18)15-33-24-29-21-13-20(25(26,27)28)9-10-22(21)30(24)14-17-6-4-3-5-7-17/h3-13H,14-15H2,1-2H3. The zero-order chi connectivity index (χ0) is 23.6. The normalized spacial score (nSPS) is 11.7. The molecule has 8 heteroatoms. The number of Topliss-reactive ketones (excluding diaryl/α,β-unsaturated/α-hetero) is 1. The Balaban J connectivity index is 1.73. The molecule has 0 radical (unpaired) electrons. The Labute approximate surface area is 193 Å². The van der Waals surface area contributed by atoms with Crippen molar-refractivity contribution in [3.8, 4) is 5.75 Å². The van der Waals surface area contributed by atoms with Crippen LogP contribution in [0.15, 0.2) is 71.9 Å². The van der Waals surface area contributed by atoms with Gasteiger partial charge in [-0.1, -0.05) is 42.1 Å². The molecule has 4 nitrogen and oxygen atoms in total. The largest absolute Gasteiger partial charge is 0.496 e. The summed E-state index contributed by atoms with van der Waals surface area (Å²) in [5.41, 5.74) is 2.57. The van der Waals surface area contributed by atoms with E-state index in [-0.39, 0.29) is 11.3 Å². The summed E-state index contributed by atoms with van der Waals surface area (Å²) in [5.74, 6) is 1.02. The van der Waals surface area contributed by atoms with Crippen molar-refractivity contribution in [1.29, 1.82) is 0 Å². The van der Waals surface area contributed by atoms with Crippen LogP contribution in [-0.2, 0) is 18.5 Å². The van der Waals surface area contributed by atoms with Crippen molar-refractivity contribution < 1.29 is 22.7 Å². The minimum atomic E-state index is -4.44. The second kappa shape index (κ2) is 9.31. The molecule has 0 spiro atoms. The second-order valence-electron chi connectivity index (χ2n) is 7.54. The Hall–Kier alpha value is -3.26. The van der Waals surface area contributed by atoms with Crippen LogP contribution in [0, 0.1) is 0 Å². The summed E-state index contributed by atoms with van der Waals surface area (Å²) in [5, 5.41) is 0.587. The number of methoxy groups -OCH3 is 1. The number of benzene rings is 3. The van der Waals surface area contributed by atoms with Gasteiger partial charge in [-0.15, -0.1) is 0 Å². The van der Waals surface area contributed by atoms with Gasteiger partial charge in [-0.3, -0.25) is 4.79 Å². The number of fused-ring (bicyclic) bond motifs is 1. The van der Waals surface area contributed by atoms with Crippen molar-refractivity contribution in [2.75, 3.05) is 7.11 Å². The van der Waals surface area contributed by atoms with Gasteiger partial charge >= 0.3 is 6.18 Å². The molecule has 0 bridgehead atoms. The number of ether oxygens (including phenoxy) is 1. The van der Waals surface area contributed by atoms with Crippen LogP contribution in [0.5, 0.6) is 5.75 Å². The number of nitrogens with zero attached hydrogens (tertiary/aromatic N) is 2. The molecule has 0 N–H and O–H groups in total. The number of alkyl halides is 3. The number of ketones is 1. The highest BCUT2D eigenvalue weighted by Gasteiger charge is 2.31. The van der Waals surface area contributed by atoms with E-state index in [1.165, 1.54) is 24.8 Å². The molecule has 0 fully saturated rings. The Morgan fingerprint density at radius 3 is 2.48 bits per heavy atom. The second-order valence-corrected chi connectivity index (χ2v) is 8.48. The van der Waals surface area contributed by atoms with Gasteiger partial charge in [0.15, 0.2) is 10.9 Å². The van der Waals surface area contributed by atoms with E-state index in [4.69, 9.17) is 4.74 Å². The fourth-order valence-corrected chi connectivity index (χ4v) is 4.56. The zero-order valence-electron chi connectivity index (χ0n) is 18.0. The monoisotopic (exact) mass is 470 g/mol. The Bertz CT molecular complexity index is 1300. The first-order valence-electron chi connectivity index (χ1n) is 10.2. The molecule has 3 aromatic carbocycles. The Morgan fingerprint density at radius 2 is 1.82 bits per heavy atom. The molecule has 0 amide bonds. The van der Waals surface area contributed by atoms with Gasteiger partial charge in [0.1, 0.15) is 5.75 Å². The highest BCUT2D eigenvalue weighted by atomic mass is 32.2. The maximum Gasteiger partial charge on any atom is 0.416 e. The zero-order valence-corrected chi connectivity index (χ0v) is 18.8. The van der Waals surface area contributed by atoms with Crippen LogP contribution < -0.4 is 4.74 Å². The summed E-state index contributed by atoms with van der Waals surface area (Å²) < 4.78 is 47.1. The molecular weight excluding hydrogens is 449 g/mol. The van der Waals surface area contributed by atoms with Gasteiger partial charge < -0.3 is 9.30 Å². The van der Waals surface area contributed by atoms with Crippen molar-refractivity contribution in [2.45, 2.75) is 30.6 Å². The number of carbonyl (C=O) groups is 1. The molecule has 0 aliphatic rings. The SMILES string of the molecule is COc1ccc(C(C)=O)cc1CSc1nc2cc(C(F)(F)F)ccc2n1Cc1ccccc1. The average molecular weight is 471 g/mol. The Kier molecular flexibility index (Phi) is 6.47. The summed E-state index contributed by atoms with van der Waals surface area (Å²) in [6, 6.07) is 18.5. The predicted molar refractivity (Wildman–Crippen MR) is 123 cm³/mol. The van der Waals surface area contributed by atoms with Crippen LogP contribution in [0.4, 0.5) is 13.2 Å². The smallest absolute Gasteiger partial charge is 0.416 e. The topological polar surface area (TPSA) is 44.1 Å². The number of carbonyl (C=O) groups excluding carboxylic acids is 1. The van der Waals surface area contributed by atoms with E-state index in [0.717, 1.165) is 23.3 Å². The minimum absolute atomic E-state index is 0.0556. The van der Waals surface area contributed by atoms with Gasteiger partial charge in [0, 0.05) is 16.9 Å². The molecule has 170 valence electrons. The number of hydrogen-bond donors (Lipinski definition) is 0. The van der Waals surface area contributed by atoms with Gasteiger partial charge in [-0.05, 0) is 48.9 Å². The summed E-state index contributed by atoms with van der Waals surface area (Å²) in [6.07, 6.45) is -4.44. The molecule has 0 unspecified atom stereocenters. The van der Waals surface area contributed by atoms with Crippen molar-refractivity contribution in [1.82, 2.24) is 9.55 Å². The van der Waals surface area contributed by atoms with E-state index in [0.29, 0.717) is 34.3 Å². The fourth-order valence-electron chi connectivity index (χ4n) is 3.57. The first kappa shape index (κ1) is 22.9. The van der Waals surface area contributed by atoms with Crippen LogP contribution in [-0.4, -0.2) is 22.4 Å². The third kappa shape index (κ3) is 5.06. The maximum absolute atomic E-state index is 13.2. The lowest BCUT2D eigenvalue weighted by molar-refractivity contribution is -0.137. The highest BCUT2D eigenvalue weighted by Crippen LogP contribution is 2.35. The number of thioether (sulfide) groups is 1. The molecule has 1 aromatic heterocycles. The van der Waals surface area contributed by atoms with E-state index in [1.807, 2.05) is 34.9 Å². The van der Waals surface area contributed by atoms with E-state index >= 15 is 0 Å². The van der Waals surface area contributed by atoms with Crippen LogP contribution in [0.2, 0.25) is 0 Å². The first-order chi connectivity index (χ1) is 15.8. The van der Waals surface area contributed by atoms with E-state index in [9.17, 15) is 18.0 Å². The van der Waals surface area contributed by atoms with Gasteiger partial charge in [-0.25, -0.2) is 4.98 Å². The average Bonchev–Trinajstić information content (AvgIpc) is 3.14.